The average Bonchev–Trinajstić information content (AvgIpc) is 2.84. The van der Waals surface area contributed by atoms with E-state index in [1.807, 2.05) is 31.2 Å². The Morgan fingerprint density at radius 1 is 1.18 bits per heavy atom. The van der Waals surface area contributed by atoms with Gasteiger partial charge in [-0.25, -0.2) is 0 Å². The zero-order valence-corrected chi connectivity index (χ0v) is 10.9. The normalized spacial score (nSPS) is 13.8. The number of thiophene rings is 1. The van der Waals surface area contributed by atoms with Gasteiger partial charge >= 0.3 is 0 Å². The topological polar surface area (TPSA) is 17.1 Å². The number of carbonyl (C=O) groups is 1. The molecule has 1 aromatic rings. The molecule has 1 rings (SSSR count). The second-order valence-corrected chi connectivity index (χ2v) is 4.65. The largest absolute Gasteiger partial charge is 0.298 e. The highest BCUT2D eigenvalue weighted by Crippen LogP contribution is 2.11. The van der Waals surface area contributed by atoms with Gasteiger partial charge in [-0.2, -0.15) is 0 Å². The number of hydrogen-bond donors (Lipinski definition) is 0. The van der Waals surface area contributed by atoms with E-state index in [9.17, 15) is 4.79 Å². The lowest BCUT2D eigenvalue weighted by Crippen LogP contribution is -1.72. The summed E-state index contributed by atoms with van der Waals surface area (Å²) in [5.41, 5.74) is 1.90. The van der Waals surface area contributed by atoms with Crippen LogP contribution in [-0.2, 0) is 4.79 Å². The van der Waals surface area contributed by atoms with Crippen molar-refractivity contribution in [2.24, 2.45) is 0 Å². The molecule has 2 heteroatoms. The van der Waals surface area contributed by atoms with E-state index in [1.165, 1.54) is 10.5 Å². The molecule has 0 fully saturated rings. The molecule has 0 aliphatic carbocycles. The molecule has 0 bridgehead atoms. The predicted octanol–water partition coefficient (Wildman–Crippen LogP) is 4.41. The Balaban J connectivity index is 2.53. The third-order valence-electron chi connectivity index (χ3n) is 2.07. The van der Waals surface area contributed by atoms with E-state index >= 15 is 0 Å². The zero-order chi connectivity index (χ0) is 12.5. The van der Waals surface area contributed by atoms with Crippen molar-refractivity contribution >= 4 is 23.7 Å². The highest BCUT2D eigenvalue weighted by Gasteiger charge is 1.85. The van der Waals surface area contributed by atoms with Crippen LogP contribution in [0.3, 0.4) is 0 Å². The molecule has 0 aliphatic rings. The molecular weight excluding hydrogens is 228 g/mol. The van der Waals surface area contributed by atoms with E-state index in [-0.39, 0.29) is 0 Å². The molecule has 0 saturated heterocycles. The van der Waals surface area contributed by atoms with Gasteiger partial charge in [0.1, 0.15) is 6.29 Å². The lowest BCUT2D eigenvalue weighted by atomic mass is 10.2. The van der Waals surface area contributed by atoms with E-state index in [4.69, 9.17) is 0 Å². The SMILES string of the molecule is C\C(C=O)=C/C=C/C=C(C)/C=C/c1cccs1. The van der Waals surface area contributed by atoms with Crippen molar-refractivity contribution in [2.75, 3.05) is 0 Å². The van der Waals surface area contributed by atoms with Crippen molar-refractivity contribution in [3.8, 4) is 0 Å². The van der Waals surface area contributed by atoms with Gasteiger partial charge in [0.25, 0.3) is 0 Å². The molecule has 17 heavy (non-hydrogen) atoms. The Bertz CT molecular complexity index is 459. The molecule has 1 nitrogen and oxygen atoms in total. The van der Waals surface area contributed by atoms with Crippen LogP contribution < -0.4 is 0 Å². The maximum absolute atomic E-state index is 10.3. The second kappa shape index (κ2) is 7.58. The van der Waals surface area contributed by atoms with E-state index in [0.717, 1.165) is 11.9 Å². The van der Waals surface area contributed by atoms with Crippen LogP contribution in [0, 0.1) is 0 Å². The highest BCUT2D eigenvalue weighted by molar-refractivity contribution is 7.10. The fourth-order valence-electron chi connectivity index (χ4n) is 1.11. The van der Waals surface area contributed by atoms with E-state index in [2.05, 4.69) is 23.6 Å². The smallest absolute Gasteiger partial charge is 0.145 e. The molecule has 0 aliphatic heterocycles. The van der Waals surface area contributed by atoms with Gasteiger partial charge in [0, 0.05) is 4.88 Å². The van der Waals surface area contributed by atoms with Crippen molar-refractivity contribution in [1.29, 1.82) is 0 Å². The molecule has 0 atom stereocenters. The van der Waals surface area contributed by atoms with Crippen LogP contribution in [-0.4, -0.2) is 6.29 Å². The Kier molecular flexibility index (Phi) is 5.97. The molecule has 1 heterocycles. The molecule has 0 aromatic carbocycles. The summed E-state index contributed by atoms with van der Waals surface area (Å²) in [5, 5.41) is 2.06. The van der Waals surface area contributed by atoms with Crippen LogP contribution in [0.5, 0.6) is 0 Å². The quantitative estimate of drug-likeness (QED) is 0.426. The van der Waals surface area contributed by atoms with Gasteiger partial charge in [-0.1, -0.05) is 42.0 Å². The molecular formula is C15H16OS. The van der Waals surface area contributed by atoms with Crippen LogP contribution in [0.2, 0.25) is 0 Å². The molecule has 1 aromatic heterocycles. The van der Waals surface area contributed by atoms with Crippen LogP contribution in [0.1, 0.15) is 18.7 Å². The maximum atomic E-state index is 10.3. The van der Waals surface area contributed by atoms with Gasteiger partial charge in [-0.15, -0.1) is 11.3 Å². The Hall–Kier alpha value is -1.67. The second-order valence-electron chi connectivity index (χ2n) is 3.67. The van der Waals surface area contributed by atoms with Crippen LogP contribution in [0.25, 0.3) is 6.08 Å². The molecule has 0 N–H and O–H groups in total. The summed E-state index contributed by atoms with van der Waals surface area (Å²) in [6, 6.07) is 4.12. The highest BCUT2D eigenvalue weighted by atomic mass is 32.1. The third kappa shape index (κ3) is 5.83. The fourth-order valence-corrected chi connectivity index (χ4v) is 1.73. The first-order valence-electron chi connectivity index (χ1n) is 5.41. The van der Waals surface area contributed by atoms with Crippen LogP contribution >= 0.6 is 11.3 Å². The minimum absolute atomic E-state index is 0.724. The Morgan fingerprint density at radius 2 is 1.88 bits per heavy atom. The average molecular weight is 244 g/mol. The number of hydrogen-bond acceptors (Lipinski definition) is 2. The van der Waals surface area contributed by atoms with Gasteiger partial charge in [-0.05, 0) is 36.9 Å². The van der Waals surface area contributed by atoms with Gasteiger partial charge in [-0.3, -0.25) is 4.79 Å². The number of rotatable bonds is 5. The molecule has 0 radical (unpaired) electrons. The van der Waals surface area contributed by atoms with Gasteiger partial charge in [0.05, 0.1) is 0 Å². The minimum atomic E-state index is 0.724. The summed E-state index contributed by atoms with van der Waals surface area (Å²) in [6.07, 6.45) is 12.6. The van der Waals surface area contributed by atoms with Gasteiger partial charge in [0.2, 0.25) is 0 Å². The predicted molar refractivity (Wildman–Crippen MR) is 76.1 cm³/mol. The molecule has 88 valence electrons. The summed E-state index contributed by atoms with van der Waals surface area (Å²) in [7, 11) is 0. The number of carbonyl (C=O) groups excluding carboxylic acids is 1. The summed E-state index contributed by atoms with van der Waals surface area (Å²) >= 11 is 1.72. The summed E-state index contributed by atoms with van der Waals surface area (Å²) < 4.78 is 0. The zero-order valence-electron chi connectivity index (χ0n) is 10.1. The fraction of sp³-hybridized carbons (Fsp3) is 0.133. The van der Waals surface area contributed by atoms with Crippen LogP contribution in [0.15, 0.2) is 59.0 Å². The van der Waals surface area contributed by atoms with E-state index in [1.54, 1.807) is 24.3 Å². The first-order valence-corrected chi connectivity index (χ1v) is 6.29. The van der Waals surface area contributed by atoms with Crippen molar-refractivity contribution in [1.82, 2.24) is 0 Å². The summed E-state index contributed by atoms with van der Waals surface area (Å²) in [6.45, 7) is 3.83. The molecule has 0 spiro atoms. The third-order valence-corrected chi connectivity index (χ3v) is 2.91. The molecule has 0 unspecified atom stereocenters. The van der Waals surface area contributed by atoms with Crippen molar-refractivity contribution in [3.63, 3.8) is 0 Å². The minimum Gasteiger partial charge on any atom is -0.298 e. The van der Waals surface area contributed by atoms with Crippen molar-refractivity contribution in [2.45, 2.75) is 13.8 Å². The maximum Gasteiger partial charge on any atom is 0.145 e. The van der Waals surface area contributed by atoms with Crippen molar-refractivity contribution < 1.29 is 4.79 Å². The number of aldehydes is 1. The summed E-state index contributed by atoms with van der Waals surface area (Å²) in [5.74, 6) is 0. The summed E-state index contributed by atoms with van der Waals surface area (Å²) in [4.78, 5) is 11.6. The van der Waals surface area contributed by atoms with Gasteiger partial charge < -0.3 is 0 Å². The van der Waals surface area contributed by atoms with E-state index < -0.39 is 0 Å². The lowest BCUT2D eigenvalue weighted by molar-refractivity contribution is -0.104. The molecule has 0 saturated carbocycles. The number of allylic oxidation sites excluding steroid dienone is 7. The van der Waals surface area contributed by atoms with Gasteiger partial charge in [0.15, 0.2) is 0 Å². The van der Waals surface area contributed by atoms with E-state index in [0.29, 0.717) is 0 Å². The van der Waals surface area contributed by atoms with Crippen molar-refractivity contribution in [3.05, 3.63) is 63.9 Å². The first-order chi connectivity index (χ1) is 8.22. The standard InChI is InChI=1S/C15H16OS/c1-13(6-3-4-7-14(2)12-16)9-10-15-8-5-11-17-15/h3-12H,1-2H3/b4-3+,10-9+,13-6+,14-7+. The Labute approximate surface area is 106 Å². The monoisotopic (exact) mass is 244 g/mol. The van der Waals surface area contributed by atoms with Crippen LogP contribution in [0.4, 0.5) is 0 Å². The lowest BCUT2D eigenvalue weighted by Gasteiger charge is -1.88. The molecule has 0 amide bonds. The Morgan fingerprint density at radius 3 is 2.47 bits per heavy atom. The first kappa shape index (κ1) is 13.4.